The zero-order valence-corrected chi connectivity index (χ0v) is 16.0. The lowest BCUT2D eigenvalue weighted by Crippen LogP contribution is -2.54. The first kappa shape index (κ1) is 19.2. The lowest BCUT2D eigenvalue weighted by Gasteiger charge is -2.38. The van der Waals surface area contributed by atoms with E-state index in [1.54, 1.807) is 0 Å². The first-order valence-corrected chi connectivity index (χ1v) is 9.77. The smallest absolute Gasteiger partial charge is 0.267 e. The molecule has 1 N–H and O–H groups in total. The number of nitrogens with one attached hydrogen (secondary N) is 1. The van der Waals surface area contributed by atoms with Crippen LogP contribution >= 0.6 is 11.6 Å². The van der Waals surface area contributed by atoms with E-state index in [1.165, 1.54) is 32.3 Å². The molecule has 8 heteroatoms. The number of amides is 1. The standard InChI is InChI=1S/C16H24ClN3O3S/c1-11-6-5-7-12(2)20(11)18-16(21)14-10-13(8-9-15(14)17)24(22,23)19(3)4/h8-12H,5-7H2,1-4H3,(H,18,21)/t11-,12+. The highest BCUT2D eigenvalue weighted by Gasteiger charge is 2.28. The molecule has 1 amide bonds. The van der Waals surface area contributed by atoms with Crippen molar-refractivity contribution in [2.75, 3.05) is 14.1 Å². The van der Waals surface area contributed by atoms with E-state index in [4.69, 9.17) is 11.6 Å². The Kier molecular flexibility index (Phi) is 5.91. The van der Waals surface area contributed by atoms with Crippen LogP contribution in [0.25, 0.3) is 0 Å². The van der Waals surface area contributed by atoms with Gasteiger partial charge in [0.15, 0.2) is 0 Å². The Hall–Kier alpha value is -1.15. The molecule has 1 aliphatic heterocycles. The van der Waals surface area contributed by atoms with Gasteiger partial charge < -0.3 is 0 Å². The normalized spacial score (nSPS) is 22.6. The summed E-state index contributed by atoms with van der Waals surface area (Å²) in [6.45, 7) is 4.12. The zero-order valence-electron chi connectivity index (χ0n) is 14.4. The number of sulfonamides is 1. The van der Waals surface area contributed by atoms with Gasteiger partial charge in [-0.05, 0) is 44.9 Å². The molecular formula is C16H24ClN3O3S. The minimum absolute atomic E-state index is 0.0433. The zero-order chi connectivity index (χ0) is 18.1. The number of hydrazine groups is 1. The number of halogens is 1. The summed E-state index contributed by atoms with van der Waals surface area (Å²) in [7, 11) is -0.733. The van der Waals surface area contributed by atoms with Gasteiger partial charge in [0.25, 0.3) is 5.91 Å². The van der Waals surface area contributed by atoms with Crippen LogP contribution in [-0.2, 0) is 10.0 Å². The Morgan fingerprint density at radius 2 is 1.83 bits per heavy atom. The van der Waals surface area contributed by atoms with Crippen molar-refractivity contribution in [3.63, 3.8) is 0 Å². The van der Waals surface area contributed by atoms with Crippen molar-refractivity contribution >= 4 is 27.5 Å². The summed E-state index contributed by atoms with van der Waals surface area (Å²) in [6, 6.07) is 4.62. The molecule has 1 heterocycles. The molecule has 0 saturated carbocycles. The summed E-state index contributed by atoms with van der Waals surface area (Å²) < 4.78 is 25.6. The Morgan fingerprint density at radius 3 is 2.38 bits per heavy atom. The predicted molar refractivity (Wildman–Crippen MR) is 94.4 cm³/mol. The van der Waals surface area contributed by atoms with Gasteiger partial charge in [-0.1, -0.05) is 18.0 Å². The maximum absolute atomic E-state index is 12.6. The maximum atomic E-state index is 12.6. The van der Waals surface area contributed by atoms with Crippen molar-refractivity contribution in [3.8, 4) is 0 Å². The largest absolute Gasteiger partial charge is 0.284 e. The summed E-state index contributed by atoms with van der Waals surface area (Å²) in [6.07, 6.45) is 3.15. The number of rotatable bonds is 4. The Labute approximate surface area is 148 Å². The molecule has 0 aliphatic carbocycles. The highest BCUT2D eigenvalue weighted by molar-refractivity contribution is 7.89. The van der Waals surface area contributed by atoms with Crippen LogP contribution in [0.3, 0.4) is 0 Å². The molecule has 24 heavy (non-hydrogen) atoms. The van der Waals surface area contributed by atoms with Crippen LogP contribution in [0.15, 0.2) is 23.1 Å². The average Bonchev–Trinajstić information content (AvgIpc) is 2.51. The van der Waals surface area contributed by atoms with Crippen LogP contribution in [0.1, 0.15) is 43.5 Å². The molecular weight excluding hydrogens is 350 g/mol. The van der Waals surface area contributed by atoms with Crippen molar-refractivity contribution in [1.82, 2.24) is 14.7 Å². The topological polar surface area (TPSA) is 69.7 Å². The molecule has 0 unspecified atom stereocenters. The van der Waals surface area contributed by atoms with Crippen molar-refractivity contribution < 1.29 is 13.2 Å². The monoisotopic (exact) mass is 373 g/mol. The highest BCUT2D eigenvalue weighted by Crippen LogP contribution is 2.24. The van der Waals surface area contributed by atoms with Gasteiger partial charge in [-0.3, -0.25) is 10.2 Å². The number of hydrogen-bond acceptors (Lipinski definition) is 4. The van der Waals surface area contributed by atoms with E-state index in [2.05, 4.69) is 19.3 Å². The summed E-state index contributed by atoms with van der Waals surface area (Å²) in [5.74, 6) is -0.392. The molecule has 1 saturated heterocycles. The Bertz CT molecular complexity index is 711. The molecule has 1 aromatic rings. The number of nitrogens with zero attached hydrogens (tertiary/aromatic N) is 2. The van der Waals surface area contributed by atoms with Crippen molar-refractivity contribution in [3.05, 3.63) is 28.8 Å². The third-order valence-corrected chi connectivity index (χ3v) is 6.53. The molecule has 6 nitrogen and oxygen atoms in total. The fraction of sp³-hybridized carbons (Fsp3) is 0.562. The lowest BCUT2D eigenvalue weighted by molar-refractivity contribution is 0.0369. The van der Waals surface area contributed by atoms with Crippen molar-refractivity contribution in [2.24, 2.45) is 0 Å². The number of carbonyl (C=O) groups is 1. The number of carbonyl (C=O) groups excluding carboxylic acids is 1. The third kappa shape index (κ3) is 3.91. The van der Waals surface area contributed by atoms with E-state index in [0.29, 0.717) is 0 Å². The van der Waals surface area contributed by atoms with Gasteiger partial charge in [-0.15, -0.1) is 0 Å². The third-order valence-electron chi connectivity index (χ3n) is 4.39. The summed E-state index contributed by atoms with van der Waals surface area (Å²) in [5.41, 5.74) is 3.04. The molecule has 0 radical (unpaired) electrons. The minimum Gasteiger partial charge on any atom is -0.284 e. The fourth-order valence-corrected chi connectivity index (χ4v) is 4.00. The number of benzene rings is 1. The van der Waals surface area contributed by atoms with Crippen LogP contribution in [0.5, 0.6) is 0 Å². The van der Waals surface area contributed by atoms with Gasteiger partial charge in [0.05, 0.1) is 15.5 Å². The molecule has 0 bridgehead atoms. The molecule has 2 rings (SSSR count). The fourth-order valence-electron chi connectivity index (χ4n) is 2.87. The van der Waals surface area contributed by atoms with E-state index in [9.17, 15) is 13.2 Å². The van der Waals surface area contributed by atoms with Gasteiger partial charge >= 0.3 is 0 Å². The van der Waals surface area contributed by atoms with Crippen LogP contribution in [0.2, 0.25) is 5.02 Å². The molecule has 1 aliphatic rings. The van der Waals surface area contributed by atoms with Crippen LogP contribution in [-0.4, -0.2) is 49.8 Å². The SMILES string of the molecule is C[C@@H]1CCC[C@H](C)N1NC(=O)c1cc(S(=O)(=O)N(C)C)ccc1Cl. The van der Waals surface area contributed by atoms with Crippen LogP contribution in [0.4, 0.5) is 0 Å². The summed E-state index contributed by atoms with van der Waals surface area (Å²) >= 11 is 6.12. The maximum Gasteiger partial charge on any atom is 0.267 e. The Morgan fingerprint density at radius 1 is 1.25 bits per heavy atom. The van der Waals surface area contributed by atoms with Crippen molar-refractivity contribution in [1.29, 1.82) is 0 Å². The van der Waals surface area contributed by atoms with Gasteiger partial charge in [-0.25, -0.2) is 17.7 Å². The molecule has 1 aromatic carbocycles. The lowest BCUT2D eigenvalue weighted by atomic mass is 10.00. The second kappa shape index (κ2) is 7.39. The van der Waals surface area contributed by atoms with E-state index in [0.717, 1.165) is 23.6 Å². The van der Waals surface area contributed by atoms with Crippen molar-refractivity contribution in [2.45, 2.75) is 50.1 Å². The molecule has 0 spiro atoms. The highest BCUT2D eigenvalue weighted by atomic mass is 35.5. The van der Waals surface area contributed by atoms with E-state index in [1.807, 2.05) is 5.01 Å². The minimum atomic E-state index is -3.62. The van der Waals surface area contributed by atoms with Gasteiger partial charge in [-0.2, -0.15) is 0 Å². The molecule has 2 atom stereocenters. The average molecular weight is 374 g/mol. The summed E-state index contributed by atoms with van der Waals surface area (Å²) in [4.78, 5) is 12.7. The first-order valence-electron chi connectivity index (χ1n) is 7.96. The van der Waals surface area contributed by atoms with E-state index < -0.39 is 15.9 Å². The van der Waals surface area contributed by atoms with Gasteiger partial charge in [0.1, 0.15) is 0 Å². The molecule has 0 aromatic heterocycles. The molecule has 134 valence electrons. The predicted octanol–water partition coefficient (Wildman–Crippen LogP) is 2.50. The number of piperidine rings is 1. The van der Waals surface area contributed by atoms with Crippen LogP contribution in [0, 0.1) is 0 Å². The quantitative estimate of drug-likeness (QED) is 0.880. The molecule has 1 fully saturated rings. The van der Waals surface area contributed by atoms with Crippen LogP contribution < -0.4 is 5.43 Å². The summed E-state index contributed by atoms with van der Waals surface area (Å²) in [5, 5.41) is 2.15. The second-order valence-corrected chi connectivity index (χ2v) is 8.97. The number of hydrogen-bond donors (Lipinski definition) is 1. The van der Waals surface area contributed by atoms with E-state index >= 15 is 0 Å². The van der Waals surface area contributed by atoms with E-state index in [-0.39, 0.29) is 27.6 Å². The van der Waals surface area contributed by atoms with Gasteiger partial charge in [0, 0.05) is 26.2 Å². The van der Waals surface area contributed by atoms with Gasteiger partial charge in [0.2, 0.25) is 10.0 Å². The second-order valence-electron chi connectivity index (χ2n) is 6.41. The first-order chi connectivity index (χ1) is 11.1. The Balaban J connectivity index is 2.29.